The predicted molar refractivity (Wildman–Crippen MR) is 68.8 cm³/mol. The number of piperidine rings is 1. The molecule has 2 heterocycles. The Labute approximate surface area is 107 Å². The summed E-state index contributed by atoms with van der Waals surface area (Å²) in [6, 6.07) is 0. The second kappa shape index (κ2) is 5.80. The average Bonchev–Trinajstić information content (AvgIpc) is 2.39. The first kappa shape index (κ1) is 12.8. The molecule has 1 aromatic heterocycles. The Bertz CT molecular complexity index is 403. The number of hydrogen-bond donors (Lipinski definition) is 1. The van der Waals surface area contributed by atoms with Crippen LogP contribution in [0.5, 0.6) is 0 Å². The summed E-state index contributed by atoms with van der Waals surface area (Å²) in [4.78, 5) is 21.0. The highest BCUT2D eigenvalue weighted by Gasteiger charge is 2.20. The summed E-state index contributed by atoms with van der Waals surface area (Å²) in [5.74, 6) is 0.488. The van der Waals surface area contributed by atoms with Gasteiger partial charge in [-0.15, -0.1) is 0 Å². The number of carboxylic acid groups (broad SMARTS) is 1. The van der Waals surface area contributed by atoms with Gasteiger partial charge in [-0.1, -0.05) is 13.3 Å². The third kappa shape index (κ3) is 2.97. The van der Waals surface area contributed by atoms with Crippen molar-refractivity contribution in [1.82, 2.24) is 9.97 Å². The fourth-order valence-corrected chi connectivity index (χ4v) is 2.51. The molecule has 0 radical (unpaired) electrons. The second-order valence-electron chi connectivity index (χ2n) is 4.81. The molecular weight excluding hydrogens is 230 g/mol. The van der Waals surface area contributed by atoms with E-state index in [1.54, 1.807) is 6.20 Å². The van der Waals surface area contributed by atoms with Crippen LogP contribution in [0.2, 0.25) is 0 Å². The number of hydrogen-bond acceptors (Lipinski definition) is 4. The van der Waals surface area contributed by atoms with Crippen LogP contribution in [0.15, 0.2) is 12.4 Å². The van der Waals surface area contributed by atoms with E-state index in [4.69, 9.17) is 5.11 Å². The van der Waals surface area contributed by atoms with Gasteiger partial charge in [-0.2, -0.15) is 0 Å². The van der Waals surface area contributed by atoms with Crippen molar-refractivity contribution in [1.29, 1.82) is 0 Å². The summed E-state index contributed by atoms with van der Waals surface area (Å²) < 4.78 is 0. The number of carbonyl (C=O) groups is 1. The molecule has 1 N–H and O–H groups in total. The molecule has 1 atom stereocenters. The zero-order chi connectivity index (χ0) is 13.0. The molecule has 0 spiro atoms. The lowest BCUT2D eigenvalue weighted by atomic mass is 9.94. The van der Waals surface area contributed by atoms with Crippen molar-refractivity contribution in [3.05, 3.63) is 18.1 Å². The van der Waals surface area contributed by atoms with Gasteiger partial charge in [0.25, 0.3) is 0 Å². The predicted octanol–water partition coefficient (Wildman–Crippen LogP) is 2.19. The lowest BCUT2D eigenvalue weighted by molar-refractivity contribution is 0.0690. The van der Waals surface area contributed by atoms with E-state index in [0.29, 0.717) is 0 Å². The Hall–Kier alpha value is -1.65. The molecule has 1 fully saturated rings. The van der Waals surface area contributed by atoms with Gasteiger partial charge in [0.2, 0.25) is 0 Å². The summed E-state index contributed by atoms with van der Waals surface area (Å²) in [6.45, 7) is 4.21. The third-order valence-electron chi connectivity index (χ3n) is 3.40. The molecule has 1 aliphatic rings. The van der Waals surface area contributed by atoms with Crippen molar-refractivity contribution in [3.8, 4) is 0 Å². The quantitative estimate of drug-likeness (QED) is 0.886. The van der Waals surface area contributed by atoms with E-state index in [0.717, 1.165) is 24.8 Å². The molecule has 0 amide bonds. The average molecular weight is 249 g/mol. The molecule has 0 aliphatic carbocycles. The Morgan fingerprint density at radius 1 is 1.50 bits per heavy atom. The molecule has 5 heteroatoms. The molecule has 1 saturated heterocycles. The highest BCUT2D eigenvalue weighted by atomic mass is 16.4. The van der Waals surface area contributed by atoms with Crippen LogP contribution >= 0.6 is 0 Å². The van der Waals surface area contributed by atoms with Gasteiger partial charge >= 0.3 is 5.97 Å². The van der Waals surface area contributed by atoms with Gasteiger partial charge in [0.15, 0.2) is 5.69 Å². The Morgan fingerprint density at radius 2 is 2.33 bits per heavy atom. The Kier molecular flexibility index (Phi) is 4.12. The molecule has 0 aromatic carbocycles. The van der Waals surface area contributed by atoms with E-state index in [1.165, 1.54) is 31.9 Å². The van der Waals surface area contributed by atoms with E-state index < -0.39 is 5.97 Å². The summed E-state index contributed by atoms with van der Waals surface area (Å²) in [7, 11) is 0. The van der Waals surface area contributed by atoms with Crippen LogP contribution in [0, 0.1) is 5.92 Å². The van der Waals surface area contributed by atoms with Crippen molar-refractivity contribution in [3.63, 3.8) is 0 Å². The molecular formula is C13H19N3O2. The fraction of sp³-hybridized carbons (Fsp3) is 0.615. The van der Waals surface area contributed by atoms with E-state index >= 15 is 0 Å². The molecule has 2 rings (SSSR count). The highest BCUT2D eigenvalue weighted by molar-refractivity contribution is 5.84. The molecule has 1 unspecified atom stereocenters. The first-order chi connectivity index (χ1) is 8.70. The van der Waals surface area contributed by atoms with Crippen molar-refractivity contribution in [2.24, 2.45) is 5.92 Å². The maximum absolute atomic E-state index is 10.7. The molecule has 98 valence electrons. The van der Waals surface area contributed by atoms with Crippen molar-refractivity contribution in [2.45, 2.75) is 32.6 Å². The SMILES string of the molecule is CCCC1CCCN(c2cnc(C(=O)O)cn2)C1. The highest BCUT2D eigenvalue weighted by Crippen LogP contribution is 2.24. The zero-order valence-corrected chi connectivity index (χ0v) is 10.7. The van der Waals surface area contributed by atoms with Gasteiger partial charge in [-0.3, -0.25) is 0 Å². The molecule has 18 heavy (non-hydrogen) atoms. The number of nitrogens with zero attached hydrogens (tertiary/aromatic N) is 3. The monoisotopic (exact) mass is 249 g/mol. The zero-order valence-electron chi connectivity index (χ0n) is 10.7. The minimum Gasteiger partial charge on any atom is -0.476 e. The lowest BCUT2D eigenvalue weighted by Gasteiger charge is -2.33. The smallest absolute Gasteiger partial charge is 0.356 e. The largest absolute Gasteiger partial charge is 0.476 e. The van der Waals surface area contributed by atoms with Crippen LogP contribution in [0.4, 0.5) is 5.82 Å². The van der Waals surface area contributed by atoms with Crippen molar-refractivity contribution < 1.29 is 9.90 Å². The van der Waals surface area contributed by atoms with Crippen molar-refractivity contribution in [2.75, 3.05) is 18.0 Å². The number of anilines is 1. The van der Waals surface area contributed by atoms with E-state index in [9.17, 15) is 4.79 Å². The number of aromatic carboxylic acids is 1. The summed E-state index contributed by atoms with van der Waals surface area (Å²) in [6.07, 6.45) is 7.82. The van der Waals surface area contributed by atoms with Gasteiger partial charge in [0.05, 0.1) is 12.4 Å². The van der Waals surface area contributed by atoms with E-state index in [1.807, 2.05) is 0 Å². The molecule has 0 saturated carbocycles. The van der Waals surface area contributed by atoms with Crippen LogP contribution < -0.4 is 4.90 Å². The molecule has 5 nitrogen and oxygen atoms in total. The Morgan fingerprint density at radius 3 is 2.94 bits per heavy atom. The standard InChI is InChI=1S/C13H19N3O2/c1-2-4-10-5-3-6-16(9-10)12-8-14-11(7-15-12)13(17)18/h7-8,10H,2-6,9H2,1H3,(H,17,18). The van der Waals surface area contributed by atoms with E-state index in [2.05, 4.69) is 21.8 Å². The van der Waals surface area contributed by atoms with Crippen LogP contribution in [0.3, 0.4) is 0 Å². The summed E-state index contributed by atoms with van der Waals surface area (Å²) in [5.41, 5.74) is 0.000803. The maximum Gasteiger partial charge on any atom is 0.356 e. The maximum atomic E-state index is 10.7. The molecule has 1 aliphatic heterocycles. The normalized spacial score (nSPS) is 19.8. The fourth-order valence-electron chi connectivity index (χ4n) is 2.51. The Balaban J connectivity index is 2.04. The topological polar surface area (TPSA) is 66.3 Å². The third-order valence-corrected chi connectivity index (χ3v) is 3.40. The second-order valence-corrected chi connectivity index (χ2v) is 4.81. The summed E-state index contributed by atoms with van der Waals surface area (Å²) in [5, 5.41) is 8.78. The lowest BCUT2D eigenvalue weighted by Crippen LogP contribution is -2.36. The van der Waals surface area contributed by atoms with Crippen LogP contribution in [0.1, 0.15) is 43.1 Å². The number of carboxylic acids is 1. The van der Waals surface area contributed by atoms with Gasteiger partial charge in [-0.25, -0.2) is 14.8 Å². The van der Waals surface area contributed by atoms with Crippen LogP contribution in [-0.4, -0.2) is 34.1 Å². The van der Waals surface area contributed by atoms with Gasteiger partial charge in [0.1, 0.15) is 5.82 Å². The summed E-state index contributed by atoms with van der Waals surface area (Å²) >= 11 is 0. The molecule has 0 bridgehead atoms. The van der Waals surface area contributed by atoms with Gasteiger partial charge in [-0.05, 0) is 25.2 Å². The molecule has 1 aromatic rings. The number of aromatic nitrogens is 2. The minimum absolute atomic E-state index is 0.000803. The minimum atomic E-state index is -1.03. The van der Waals surface area contributed by atoms with E-state index in [-0.39, 0.29) is 5.69 Å². The van der Waals surface area contributed by atoms with Gasteiger partial charge in [0, 0.05) is 13.1 Å². The number of rotatable bonds is 4. The first-order valence-corrected chi connectivity index (χ1v) is 6.51. The van der Waals surface area contributed by atoms with Crippen LogP contribution in [0.25, 0.3) is 0 Å². The van der Waals surface area contributed by atoms with Crippen LogP contribution in [-0.2, 0) is 0 Å². The van der Waals surface area contributed by atoms with Crippen molar-refractivity contribution >= 4 is 11.8 Å². The first-order valence-electron chi connectivity index (χ1n) is 6.51. The van der Waals surface area contributed by atoms with Gasteiger partial charge < -0.3 is 10.0 Å².